The summed E-state index contributed by atoms with van der Waals surface area (Å²) in [6, 6.07) is 0. The van der Waals surface area contributed by atoms with Gasteiger partial charge in [-0.05, 0) is 18.2 Å². The van der Waals surface area contributed by atoms with Gasteiger partial charge >= 0.3 is 0 Å². The van der Waals surface area contributed by atoms with Crippen molar-refractivity contribution in [3.8, 4) is 0 Å². The van der Waals surface area contributed by atoms with Crippen LogP contribution < -0.4 is 0 Å². The summed E-state index contributed by atoms with van der Waals surface area (Å²) in [5.41, 5.74) is 0. The van der Waals surface area contributed by atoms with E-state index in [0.717, 1.165) is 0 Å². The van der Waals surface area contributed by atoms with Crippen LogP contribution in [0.25, 0.3) is 0 Å². The lowest BCUT2D eigenvalue weighted by Crippen LogP contribution is -1.70. The number of hydrogen-bond acceptors (Lipinski definition) is 2. The van der Waals surface area contributed by atoms with Crippen LogP contribution in [0.5, 0.6) is 0 Å². The van der Waals surface area contributed by atoms with Crippen LogP contribution in [0.3, 0.4) is 0 Å². The first-order valence-corrected chi connectivity index (χ1v) is 2.74. The molecule has 0 aliphatic carbocycles. The van der Waals surface area contributed by atoms with E-state index in [1.165, 1.54) is 24.3 Å². The standard InChI is InChI=1S/C8H10O2/c1-3-8(10)6-4-5-7(2)9/h3-6,9-10H,1-2H2/b5-4-,8-6+. The van der Waals surface area contributed by atoms with Gasteiger partial charge in [0, 0.05) is 0 Å². The van der Waals surface area contributed by atoms with Crippen LogP contribution in [0.4, 0.5) is 0 Å². The number of aliphatic hydroxyl groups excluding tert-OH is 2. The summed E-state index contributed by atoms with van der Waals surface area (Å²) in [7, 11) is 0. The summed E-state index contributed by atoms with van der Waals surface area (Å²) in [6.07, 6.45) is 5.53. The minimum absolute atomic E-state index is 0.0480. The molecule has 0 aromatic heterocycles. The first kappa shape index (κ1) is 8.56. The second kappa shape index (κ2) is 4.44. The molecular weight excluding hydrogens is 128 g/mol. The third-order valence-electron chi connectivity index (χ3n) is 0.765. The van der Waals surface area contributed by atoms with Crippen molar-refractivity contribution >= 4 is 0 Å². The molecule has 2 N–H and O–H groups in total. The molecular formula is C8H10O2. The van der Waals surface area contributed by atoms with Gasteiger partial charge in [-0.3, -0.25) is 0 Å². The Kier molecular flexibility index (Phi) is 3.80. The quantitative estimate of drug-likeness (QED) is 0.463. The number of allylic oxidation sites excluding steroid dienone is 4. The molecule has 0 fully saturated rings. The molecule has 0 aliphatic rings. The zero-order chi connectivity index (χ0) is 7.98. The lowest BCUT2D eigenvalue weighted by molar-refractivity contribution is 0.432. The van der Waals surface area contributed by atoms with Crippen LogP contribution in [-0.4, -0.2) is 10.2 Å². The van der Waals surface area contributed by atoms with Gasteiger partial charge in [0.1, 0.15) is 11.5 Å². The van der Waals surface area contributed by atoms with Crippen molar-refractivity contribution in [2.75, 3.05) is 0 Å². The van der Waals surface area contributed by atoms with Crippen molar-refractivity contribution < 1.29 is 10.2 Å². The second-order valence-electron chi connectivity index (χ2n) is 1.65. The molecule has 54 valence electrons. The molecule has 0 amide bonds. The van der Waals surface area contributed by atoms with E-state index in [1.54, 1.807) is 0 Å². The van der Waals surface area contributed by atoms with E-state index in [2.05, 4.69) is 13.2 Å². The Hall–Kier alpha value is -1.44. The molecule has 0 radical (unpaired) electrons. The fourth-order valence-electron chi connectivity index (χ4n) is 0.326. The van der Waals surface area contributed by atoms with E-state index in [4.69, 9.17) is 10.2 Å². The van der Waals surface area contributed by atoms with Crippen LogP contribution in [-0.2, 0) is 0 Å². The highest BCUT2D eigenvalue weighted by molar-refractivity contribution is 5.19. The molecule has 2 heteroatoms. The third kappa shape index (κ3) is 4.71. The molecule has 0 bridgehead atoms. The molecule has 0 saturated carbocycles. The van der Waals surface area contributed by atoms with Gasteiger partial charge in [-0.25, -0.2) is 0 Å². The summed E-state index contributed by atoms with van der Waals surface area (Å²) in [6.45, 7) is 6.53. The van der Waals surface area contributed by atoms with E-state index in [0.29, 0.717) is 0 Å². The smallest absolute Gasteiger partial charge is 0.114 e. The lowest BCUT2D eigenvalue weighted by atomic mass is 10.4. The summed E-state index contributed by atoms with van der Waals surface area (Å²) in [5, 5.41) is 17.3. The fraction of sp³-hybridized carbons (Fsp3) is 0. The molecule has 2 nitrogen and oxygen atoms in total. The lowest BCUT2D eigenvalue weighted by Gasteiger charge is -1.84. The van der Waals surface area contributed by atoms with Gasteiger partial charge in [0.2, 0.25) is 0 Å². The van der Waals surface area contributed by atoms with Crippen LogP contribution in [0.15, 0.2) is 49.0 Å². The predicted molar refractivity (Wildman–Crippen MR) is 41.8 cm³/mol. The Balaban J connectivity index is 3.93. The monoisotopic (exact) mass is 138 g/mol. The first-order valence-electron chi connectivity index (χ1n) is 2.74. The van der Waals surface area contributed by atoms with Crippen LogP contribution in [0, 0.1) is 0 Å². The van der Waals surface area contributed by atoms with Gasteiger partial charge in [-0.1, -0.05) is 19.2 Å². The van der Waals surface area contributed by atoms with Gasteiger partial charge in [0.15, 0.2) is 0 Å². The molecule has 0 atom stereocenters. The normalized spacial score (nSPS) is 11.8. The van der Waals surface area contributed by atoms with E-state index in [9.17, 15) is 0 Å². The van der Waals surface area contributed by atoms with Gasteiger partial charge < -0.3 is 10.2 Å². The summed E-state index contributed by atoms with van der Waals surface area (Å²) < 4.78 is 0. The van der Waals surface area contributed by atoms with Crippen molar-refractivity contribution in [2.24, 2.45) is 0 Å². The summed E-state index contributed by atoms with van der Waals surface area (Å²) in [4.78, 5) is 0. The van der Waals surface area contributed by atoms with E-state index in [-0.39, 0.29) is 11.5 Å². The van der Waals surface area contributed by atoms with Crippen molar-refractivity contribution in [1.29, 1.82) is 0 Å². The van der Waals surface area contributed by atoms with E-state index >= 15 is 0 Å². The van der Waals surface area contributed by atoms with E-state index in [1.807, 2.05) is 0 Å². The average Bonchev–Trinajstić information content (AvgIpc) is 1.87. The van der Waals surface area contributed by atoms with E-state index < -0.39 is 0 Å². The van der Waals surface area contributed by atoms with Crippen LogP contribution >= 0.6 is 0 Å². The maximum Gasteiger partial charge on any atom is 0.114 e. The maximum atomic E-state index is 8.75. The minimum Gasteiger partial charge on any atom is -0.509 e. The second-order valence-corrected chi connectivity index (χ2v) is 1.65. The largest absolute Gasteiger partial charge is 0.509 e. The molecule has 0 aromatic rings. The highest BCUT2D eigenvalue weighted by Gasteiger charge is 1.77. The van der Waals surface area contributed by atoms with Gasteiger partial charge in [0.05, 0.1) is 0 Å². The number of rotatable bonds is 3. The van der Waals surface area contributed by atoms with Crippen molar-refractivity contribution in [3.05, 3.63) is 49.0 Å². The summed E-state index contributed by atoms with van der Waals surface area (Å²) in [5.74, 6) is 0.00520. The zero-order valence-corrected chi connectivity index (χ0v) is 5.62. The topological polar surface area (TPSA) is 40.5 Å². The van der Waals surface area contributed by atoms with Crippen molar-refractivity contribution in [1.82, 2.24) is 0 Å². The fourth-order valence-corrected chi connectivity index (χ4v) is 0.326. The van der Waals surface area contributed by atoms with Gasteiger partial charge in [-0.15, -0.1) is 0 Å². The van der Waals surface area contributed by atoms with Crippen molar-refractivity contribution in [3.63, 3.8) is 0 Å². The Labute approximate surface area is 60.1 Å². The maximum absolute atomic E-state index is 8.75. The number of hydrogen-bond donors (Lipinski definition) is 2. The molecule has 0 aliphatic heterocycles. The number of aliphatic hydroxyl groups is 2. The average molecular weight is 138 g/mol. The Morgan fingerprint density at radius 1 is 1.30 bits per heavy atom. The SMILES string of the molecule is C=C/C(O)=C\C=C/C(=C)O. The van der Waals surface area contributed by atoms with Crippen LogP contribution in [0.1, 0.15) is 0 Å². The molecule has 0 aromatic carbocycles. The molecule has 0 heterocycles. The molecule has 0 saturated heterocycles. The Morgan fingerprint density at radius 2 is 1.90 bits per heavy atom. The predicted octanol–water partition coefficient (Wildman–Crippen LogP) is 2.24. The highest BCUT2D eigenvalue weighted by Crippen LogP contribution is 1.91. The highest BCUT2D eigenvalue weighted by atomic mass is 16.3. The first-order chi connectivity index (χ1) is 4.66. The molecule has 0 spiro atoms. The van der Waals surface area contributed by atoms with Crippen molar-refractivity contribution in [2.45, 2.75) is 0 Å². The minimum atomic E-state index is -0.0480. The van der Waals surface area contributed by atoms with Gasteiger partial charge in [0.25, 0.3) is 0 Å². The Bertz CT molecular complexity index is 187. The molecule has 10 heavy (non-hydrogen) atoms. The zero-order valence-electron chi connectivity index (χ0n) is 5.62. The van der Waals surface area contributed by atoms with Crippen LogP contribution in [0.2, 0.25) is 0 Å². The Morgan fingerprint density at radius 3 is 2.30 bits per heavy atom. The summed E-state index contributed by atoms with van der Waals surface area (Å²) >= 11 is 0. The third-order valence-corrected chi connectivity index (χ3v) is 0.765. The molecule has 0 rings (SSSR count). The van der Waals surface area contributed by atoms with Gasteiger partial charge in [-0.2, -0.15) is 0 Å². The molecule has 0 unspecified atom stereocenters.